The van der Waals surface area contributed by atoms with Crippen molar-refractivity contribution in [3.8, 4) is 112 Å². The fraction of sp³-hybridized carbons (Fsp3) is 0.0800. The summed E-state index contributed by atoms with van der Waals surface area (Å²) in [6.45, 7) is 0.526. The van der Waals surface area contributed by atoms with Crippen LogP contribution in [-0.2, 0) is 0 Å². The Balaban J connectivity index is 0.838. The van der Waals surface area contributed by atoms with E-state index in [-0.39, 0.29) is 52.9 Å². The maximum atomic E-state index is 10.1. The Bertz CT molecular complexity index is 6070. The minimum Gasteiger partial charge on any atom is -0.491 e. The van der Waals surface area contributed by atoms with E-state index in [1.807, 2.05) is 36.4 Å². The molecule has 0 radical (unpaired) electrons. The van der Waals surface area contributed by atoms with E-state index in [4.69, 9.17) is 28.4 Å². The highest BCUT2D eigenvalue weighted by Crippen LogP contribution is 2.53. The minimum atomic E-state index is -0.139. The van der Waals surface area contributed by atoms with E-state index in [9.17, 15) is 10.2 Å². The standard InChI is InChI=1S/C100H74O8/c101-49-51-103-91-45-41-69-21-9-13-29-83(69)95(91)97-85-31-15-11-23-71(85)43-47-93(97)105-53-55-107-99-87(79-39-35-67-19-3-7-27-75(67)59-79)61-81(77-37-33-65-17-1-5-25-73(65)57-77)63-89(99)90-64-82(78-38-34-66-18-2-6-26-74(66)58-78)62-88(80-40-36-68-20-4-8-28-76(68)60-80)100(90)108-56-54-106-94-48-44-72-24-12-16-32-86(72)98(94)96-84-30-14-10-22-70(84)42-46-92(96)104-52-50-102/h1-48,57-64,101-102H,49-56H2. The average Bonchev–Trinajstić information content (AvgIpc) is 0.830. The van der Waals surface area contributed by atoms with Gasteiger partial charge in [0.15, 0.2) is 0 Å². The molecule has 8 nitrogen and oxygen atoms in total. The lowest BCUT2D eigenvalue weighted by atomic mass is 9.87. The SMILES string of the molecule is OCCOc1ccc2ccccc2c1-c1c(OCCOc2c(-c3ccc4ccccc4c3)cc(-c3ccc4ccccc4c3)cc2-c2cc(-c3ccc4ccccc4c3)cc(-c3ccc4ccccc4c3)c2OCCOc2ccc3ccccc3c2-c2c(OCCO)ccc3ccccc23)ccc2ccccc12. The molecule has 0 heterocycles. The lowest BCUT2D eigenvalue weighted by Gasteiger charge is -2.24. The second-order valence-electron chi connectivity index (χ2n) is 27.2. The van der Waals surface area contributed by atoms with Crippen molar-refractivity contribution >= 4 is 86.2 Å². The summed E-state index contributed by atoms with van der Waals surface area (Å²) in [4.78, 5) is 0. The quantitative estimate of drug-likeness (QED) is 0.0612. The fourth-order valence-corrected chi connectivity index (χ4v) is 15.6. The van der Waals surface area contributed by atoms with Gasteiger partial charge >= 0.3 is 0 Å². The fourth-order valence-electron chi connectivity index (χ4n) is 15.6. The molecular formula is C100H74O8. The van der Waals surface area contributed by atoms with Crippen LogP contribution in [-0.4, -0.2) is 63.1 Å². The van der Waals surface area contributed by atoms with Crippen LogP contribution in [0.1, 0.15) is 0 Å². The molecule has 8 heteroatoms. The Morgan fingerprint density at radius 3 is 0.713 bits per heavy atom. The zero-order valence-corrected chi connectivity index (χ0v) is 59.3. The molecule has 0 fully saturated rings. The van der Waals surface area contributed by atoms with Gasteiger partial charge < -0.3 is 38.6 Å². The van der Waals surface area contributed by atoms with Crippen LogP contribution in [0.5, 0.6) is 34.5 Å². The maximum absolute atomic E-state index is 10.1. The Labute approximate surface area is 626 Å². The van der Waals surface area contributed by atoms with Crippen LogP contribution in [0.3, 0.4) is 0 Å². The van der Waals surface area contributed by atoms with Crippen molar-refractivity contribution in [2.75, 3.05) is 52.9 Å². The largest absolute Gasteiger partial charge is 0.491 e. The van der Waals surface area contributed by atoms with Gasteiger partial charge in [-0.1, -0.05) is 267 Å². The van der Waals surface area contributed by atoms with Gasteiger partial charge in [-0.2, -0.15) is 0 Å². The minimum absolute atomic E-state index is 0.125. The molecule has 18 aromatic rings. The number of rotatable bonds is 23. The summed E-state index contributed by atoms with van der Waals surface area (Å²) < 4.78 is 42.5. The molecule has 2 N–H and O–H groups in total. The zero-order chi connectivity index (χ0) is 72.3. The van der Waals surface area contributed by atoms with Crippen molar-refractivity contribution in [1.82, 2.24) is 0 Å². The van der Waals surface area contributed by atoms with E-state index in [1.54, 1.807) is 0 Å². The number of hydrogen-bond acceptors (Lipinski definition) is 8. The van der Waals surface area contributed by atoms with E-state index >= 15 is 0 Å². The van der Waals surface area contributed by atoms with Crippen LogP contribution in [0.25, 0.3) is 164 Å². The average molecular weight is 1400 g/mol. The number of hydrogen-bond donors (Lipinski definition) is 2. The molecule has 0 aliphatic rings. The molecule has 0 saturated heterocycles. The van der Waals surface area contributed by atoms with Gasteiger partial charge in [-0.15, -0.1) is 0 Å². The van der Waals surface area contributed by atoms with Gasteiger partial charge in [0.25, 0.3) is 0 Å². The first-order chi connectivity index (χ1) is 53.5. The number of fused-ring (bicyclic) bond motifs is 8. The third-order valence-corrected chi connectivity index (χ3v) is 20.7. The van der Waals surface area contributed by atoms with E-state index in [1.165, 1.54) is 0 Å². The van der Waals surface area contributed by atoms with Gasteiger partial charge in [0.05, 0.1) is 13.2 Å². The van der Waals surface area contributed by atoms with Crippen molar-refractivity contribution in [2.24, 2.45) is 0 Å². The third-order valence-electron chi connectivity index (χ3n) is 20.7. The van der Waals surface area contributed by atoms with Crippen LogP contribution in [0.15, 0.2) is 340 Å². The number of aliphatic hydroxyl groups excluding tert-OH is 2. The molecule has 18 rings (SSSR count). The van der Waals surface area contributed by atoms with E-state index in [0.29, 0.717) is 34.5 Å². The van der Waals surface area contributed by atoms with Gasteiger partial charge in [-0.3, -0.25) is 0 Å². The predicted molar refractivity (Wildman–Crippen MR) is 445 cm³/mol. The molecule has 522 valence electrons. The maximum Gasteiger partial charge on any atom is 0.135 e. The monoisotopic (exact) mass is 1400 g/mol. The van der Waals surface area contributed by atoms with Crippen LogP contribution in [0.4, 0.5) is 0 Å². The summed E-state index contributed by atoms with van der Waals surface area (Å²) in [5.41, 5.74) is 12.9. The molecule has 0 unspecified atom stereocenters. The highest BCUT2D eigenvalue weighted by Gasteiger charge is 2.27. The predicted octanol–water partition coefficient (Wildman–Crippen LogP) is 24.2. The molecule has 0 aromatic heterocycles. The van der Waals surface area contributed by atoms with Crippen LogP contribution >= 0.6 is 0 Å². The third kappa shape index (κ3) is 13.0. The van der Waals surface area contributed by atoms with Crippen molar-refractivity contribution in [3.05, 3.63) is 340 Å². The normalized spacial score (nSPS) is 11.5. The first kappa shape index (κ1) is 66.7. The van der Waals surface area contributed by atoms with E-state index in [0.717, 1.165) is 164 Å². The second-order valence-corrected chi connectivity index (χ2v) is 27.2. The summed E-state index contributed by atoms with van der Waals surface area (Å²) in [5, 5.41) is 37.4. The van der Waals surface area contributed by atoms with Crippen LogP contribution < -0.4 is 28.4 Å². The van der Waals surface area contributed by atoms with Crippen molar-refractivity contribution < 1.29 is 38.6 Å². The Morgan fingerprint density at radius 2 is 0.407 bits per heavy atom. The van der Waals surface area contributed by atoms with Gasteiger partial charge in [0, 0.05) is 44.5 Å². The molecule has 18 aromatic carbocycles. The van der Waals surface area contributed by atoms with Crippen molar-refractivity contribution in [2.45, 2.75) is 0 Å². The van der Waals surface area contributed by atoms with E-state index in [2.05, 4.69) is 303 Å². The Kier molecular flexibility index (Phi) is 18.4. The summed E-state index contributed by atoms with van der Waals surface area (Å²) in [6.07, 6.45) is 0. The molecule has 0 aliphatic carbocycles. The van der Waals surface area contributed by atoms with Crippen LogP contribution in [0, 0.1) is 0 Å². The highest BCUT2D eigenvalue weighted by atomic mass is 16.5. The van der Waals surface area contributed by atoms with Crippen molar-refractivity contribution in [3.63, 3.8) is 0 Å². The lowest BCUT2D eigenvalue weighted by molar-refractivity contribution is 0.202. The Morgan fingerprint density at radius 1 is 0.176 bits per heavy atom. The molecule has 0 spiro atoms. The van der Waals surface area contributed by atoms with Gasteiger partial charge in [-0.05, 0) is 192 Å². The molecular weight excluding hydrogens is 1330 g/mol. The van der Waals surface area contributed by atoms with Crippen molar-refractivity contribution in [1.29, 1.82) is 0 Å². The molecule has 0 saturated carbocycles. The first-order valence-corrected chi connectivity index (χ1v) is 36.9. The van der Waals surface area contributed by atoms with Gasteiger partial charge in [0.1, 0.15) is 74.1 Å². The molecule has 0 atom stereocenters. The smallest absolute Gasteiger partial charge is 0.135 e. The highest BCUT2D eigenvalue weighted by molar-refractivity contribution is 6.12. The topological polar surface area (TPSA) is 95.8 Å². The first-order valence-electron chi connectivity index (χ1n) is 36.9. The summed E-state index contributed by atoms with van der Waals surface area (Å²) in [7, 11) is 0. The summed E-state index contributed by atoms with van der Waals surface area (Å²) >= 11 is 0. The molecule has 0 bridgehead atoms. The number of ether oxygens (including phenoxy) is 6. The number of benzene rings is 18. The summed E-state index contributed by atoms with van der Waals surface area (Å²) in [5.74, 6) is 3.90. The molecule has 0 aliphatic heterocycles. The second kappa shape index (κ2) is 29.7. The molecule has 108 heavy (non-hydrogen) atoms. The van der Waals surface area contributed by atoms with E-state index < -0.39 is 0 Å². The number of aliphatic hydroxyl groups is 2. The zero-order valence-electron chi connectivity index (χ0n) is 59.3. The summed E-state index contributed by atoms with van der Waals surface area (Å²) in [6, 6.07) is 120. The molecule has 0 amide bonds. The van der Waals surface area contributed by atoms with Gasteiger partial charge in [0.2, 0.25) is 0 Å². The lowest BCUT2D eigenvalue weighted by Crippen LogP contribution is -2.12. The van der Waals surface area contributed by atoms with Gasteiger partial charge in [-0.25, -0.2) is 0 Å². The Hall–Kier alpha value is -13.2. The van der Waals surface area contributed by atoms with Crippen LogP contribution in [0.2, 0.25) is 0 Å².